The van der Waals surface area contributed by atoms with Gasteiger partial charge in [0.25, 0.3) is 0 Å². The number of H-pyrrole nitrogens is 1. The standard InChI is InChI=1S/C11H10N2O2S2/c14-17(15)6-5-8(7-17)16-11-12-9-3-1-2-4-10(9)13-11/h1-6,8H,7H2,(H,12,13)/t8-/m1/s1. The van der Waals surface area contributed by atoms with E-state index in [1.165, 1.54) is 17.2 Å². The monoisotopic (exact) mass is 266 g/mol. The molecular weight excluding hydrogens is 256 g/mol. The van der Waals surface area contributed by atoms with Gasteiger partial charge >= 0.3 is 0 Å². The lowest BCUT2D eigenvalue weighted by atomic mass is 10.3. The first-order chi connectivity index (χ1) is 8.12. The summed E-state index contributed by atoms with van der Waals surface area (Å²) < 4.78 is 22.5. The number of nitrogens with one attached hydrogen (secondary N) is 1. The van der Waals surface area contributed by atoms with Gasteiger partial charge in [-0.05, 0) is 12.1 Å². The minimum Gasteiger partial charge on any atom is -0.333 e. The molecule has 1 N–H and O–H groups in total. The van der Waals surface area contributed by atoms with E-state index in [2.05, 4.69) is 9.97 Å². The Morgan fingerprint density at radius 3 is 2.88 bits per heavy atom. The summed E-state index contributed by atoms with van der Waals surface area (Å²) in [6.45, 7) is 0. The van der Waals surface area contributed by atoms with Crippen LogP contribution in [0.15, 0.2) is 40.9 Å². The van der Waals surface area contributed by atoms with E-state index >= 15 is 0 Å². The van der Waals surface area contributed by atoms with Gasteiger partial charge in [-0.25, -0.2) is 13.4 Å². The van der Waals surface area contributed by atoms with Crippen LogP contribution in [0, 0.1) is 0 Å². The van der Waals surface area contributed by atoms with Gasteiger partial charge in [0.15, 0.2) is 15.0 Å². The highest BCUT2D eigenvalue weighted by molar-refractivity contribution is 8.02. The largest absolute Gasteiger partial charge is 0.333 e. The number of nitrogens with zero attached hydrogens (tertiary/aromatic N) is 1. The van der Waals surface area contributed by atoms with Crippen molar-refractivity contribution in [2.75, 3.05) is 5.75 Å². The minimum atomic E-state index is -2.99. The highest BCUT2D eigenvalue weighted by Crippen LogP contribution is 2.28. The van der Waals surface area contributed by atoms with E-state index in [9.17, 15) is 8.42 Å². The van der Waals surface area contributed by atoms with Gasteiger partial charge in [0.05, 0.1) is 16.8 Å². The van der Waals surface area contributed by atoms with Crippen molar-refractivity contribution in [2.45, 2.75) is 10.4 Å². The van der Waals surface area contributed by atoms with Crippen LogP contribution >= 0.6 is 11.8 Å². The second kappa shape index (κ2) is 3.89. The maximum Gasteiger partial charge on any atom is 0.172 e. The Hall–Kier alpha value is -1.27. The summed E-state index contributed by atoms with van der Waals surface area (Å²) in [4.78, 5) is 7.58. The first kappa shape index (κ1) is 10.9. The lowest BCUT2D eigenvalue weighted by molar-refractivity contribution is 0.606. The lowest BCUT2D eigenvalue weighted by Gasteiger charge is -2.01. The first-order valence-electron chi connectivity index (χ1n) is 5.15. The van der Waals surface area contributed by atoms with E-state index in [1.54, 1.807) is 6.08 Å². The van der Waals surface area contributed by atoms with Crippen molar-refractivity contribution in [1.29, 1.82) is 0 Å². The third kappa shape index (κ3) is 2.23. The van der Waals surface area contributed by atoms with Gasteiger partial charge in [-0.3, -0.25) is 0 Å². The molecule has 1 aromatic carbocycles. The van der Waals surface area contributed by atoms with Crippen molar-refractivity contribution >= 4 is 32.6 Å². The van der Waals surface area contributed by atoms with E-state index in [0.717, 1.165) is 16.2 Å². The van der Waals surface area contributed by atoms with Gasteiger partial charge < -0.3 is 4.98 Å². The maximum absolute atomic E-state index is 11.3. The summed E-state index contributed by atoms with van der Waals surface area (Å²) in [5, 5.41) is 2.01. The number of thioether (sulfide) groups is 1. The topological polar surface area (TPSA) is 62.8 Å². The Morgan fingerprint density at radius 1 is 1.35 bits per heavy atom. The van der Waals surface area contributed by atoms with Crippen molar-refractivity contribution in [1.82, 2.24) is 9.97 Å². The summed E-state index contributed by atoms with van der Waals surface area (Å²) in [5.41, 5.74) is 1.87. The molecule has 0 unspecified atom stereocenters. The molecule has 2 heterocycles. The molecule has 1 atom stereocenters. The Morgan fingerprint density at radius 2 is 2.18 bits per heavy atom. The number of benzene rings is 1. The third-order valence-electron chi connectivity index (χ3n) is 2.53. The zero-order valence-corrected chi connectivity index (χ0v) is 10.5. The minimum absolute atomic E-state index is 0.0411. The Bertz CT molecular complexity index is 655. The molecule has 6 heteroatoms. The number of para-hydroxylation sites is 2. The Labute approximate surface area is 103 Å². The zero-order chi connectivity index (χ0) is 11.9. The number of sulfone groups is 1. The molecule has 0 aliphatic carbocycles. The molecule has 0 bridgehead atoms. The highest BCUT2D eigenvalue weighted by Gasteiger charge is 2.23. The van der Waals surface area contributed by atoms with Crippen molar-refractivity contribution in [3.8, 4) is 0 Å². The molecule has 0 spiro atoms. The predicted octanol–water partition coefficient (Wildman–Crippen LogP) is 1.97. The van der Waals surface area contributed by atoms with E-state index in [1.807, 2.05) is 24.3 Å². The second-order valence-corrected chi connectivity index (χ2v) is 7.03. The molecule has 0 fully saturated rings. The molecule has 1 aliphatic rings. The van der Waals surface area contributed by atoms with Crippen LogP contribution < -0.4 is 0 Å². The fourth-order valence-corrected chi connectivity index (χ4v) is 4.56. The van der Waals surface area contributed by atoms with Gasteiger partial charge in [-0.1, -0.05) is 30.0 Å². The van der Waals surface area contributed by atoms with Gasteiger partial charge in [0.2, 0.25) is 0 Å². The molecule has 0 radical (unpaired) electrons. The number of fused-ring (bicyclic) bond motifs is 1. The van der Waals surface area contributed by atoms with E-state index in [4.69, 9.17) is 0 Å². The number of rotatable bonds is 2. The van der Waals surface area contributed by atoms with Crippen LogP contribution in [0.1, 0.15) is 0 Å². The van der Waals surface area contributed by atoms with Crippen LogP contribution in [0.2, 0.25) is 0 Å². The first-order valence-corrected chi connectivity index (χ1v) is 7.74. The number of aromatic amines is 1. The average Bonchev–Trinajstić information content (AvgIpc) is 2.81. The summed E-state index contributed by atoms with van der Waals surface area (Å²) in [5.74, 6) is 0.161. The van der Waals surface area contributed by atoms with Crippen molar-refractivity contribution in [3.63, 3.8) is 0 Å². The summed E-state index contributed by atoms with van der Waals surface area (Å²) >= 11 is 1.45. The lowest BCUT2D eigenvalue weighted by Crippen LogP contribution is -2.06. The fourth-order valence-electron chi connectivity index (χ4n) is 1.75. The van der Waals surface area contributed by atoms with Crippen LogP contribution in [0.5, 0.6) is 0 Å². The predicted molar refractivity (Wildman–Crippen MR) is 68.7 cm³/mol. The summed E-state index contributed by atoms with van der Waals surface area (Å²) in [6.07, 6.45) is 1.72. The fraction of sp³-hybridized carbons (Fsp3) is 0.182. The Kier molecular flexibility index (Phi) is 2.48. The van der Waals surface area contributed by atoms with E-state index < -0.39 is 9.84 Å². The Balaban J connectivity index is 1.84. The molecule has 88 valence electrons. The quantitative estimate of drug-likeness (QED) is 0.902. The van der Waals surface area contributed by atoms with Crippen LogP contribution in [0.4, 0.5) is 0 Å². The van der Waals surface area contributed by atoms with E-state index in [0.29, 0.717) is 0 Å². The van der Waals surface area contributed by atoms with Crippen molar-refractivity contribution in [3.05, 3.63) is 35.7 Å². The maximum atomic E-state index is 11.3. The summed E-state index contributed by atoms with van der Waals surface area (Å²) in [6, 6.07) is 7.75. The molecule has 0 saturated heterocycles. The molecule has 3 rings (SSSR count). The van der Waals surface area contributed by atoms with Crippen LogP contribution in [-0.4, -0.2) is 29.4 Å². The van der Waals surface area contributed by atoms with Crippen LogP contribution in [-0.2, 0) is 9.84 Å². The second-order valence-electron chi connectivity index (χ2n) is 3.87. The van der Waals surface area contributed by atoms with Crippen molar-refractivity contribution < 1.29 is 8.42 Å². The van der Waals surface area contributed by atoms with Crippen LogP contribution in [0.25, 0.3) is 11.0 Å². The molecular formula is C11H10N2O2S2. The van der Waals surface area contributed by atoms with Gasteiger partial charge in [-0.2, -0.15) is 0 Å². The molecule has 1 aliphatic heterocycles. The molecule has 2 aromatic rings. The molecule has 0 saturated carbocycles. The van der Waals surface area contributed by atoms with Gasteiger partial charge in [0, 0.05) is 10.7 Å². The number of aromatic nitrogens is 2. The van der Waals surface area contributed by atoms with Crippen molar-refractivity contribution in [2.24, 2.45) is 0 Å². The highest BCUT2D eigenvalue weighted by atomic mass is 32.2. The summed E-state index contributed by atoms with van der Waals surface area (Å²) in [7, 11) is -2.99. The van der Waals surface area contributed by atoms with Gasteiger partial charge in [-0.15, -0.1) is 0 Å². The number of hydrogen-bond donors (Lipinski definition) is 1. The molecule has 1 aromatic heterocycles. The molecule has 4 nitrogen and oxygen atoms in total. The molecule has 17 heavy (non-hydrogen) atoms. The third-order valence-corrected chi connectivity index (χ3v) is 5.18. The van der Waals surface area contributed by atoms with Gasteiger partial charge in [0.1, 0.15) is 0 Å². The smallest absolute Gasteiger partial charge is 0.172 e. The normalized spacial score (nSPS) is 22.2. The average molecular weight is 266 g/mol. The SMILES string of the molecule is O=S1(=O)C=C[C@@H](Sc2nc3ccccc3[nH]2)C1. The molecule has 0 amide bonds. The van der Waals surface area contributed by atoms with E-state index in [-0.39, 0.29) is 11.0 Å². The zero-order valence-electron chi connectivity index (χ0n) is 8.83. The van der Waals surface area contributed by atoms with Crippen LogP contribution in [0.3, 0.4) is 0 Å². The number of hydrogen-bond acceptors (Lipinski definition) is 4. The number of imidazole rings is 1.